The van der Waals surface area contributed by atoms with Crippen LogP contribution in [0.3, 0.4) is 0 Å². The van der Waals surface area contributed by atoms with Crippen LogP contribution in [-0.2, 0) is 38.4 Å². The van der Waals surface area contributed by atoms with E-state index in [1.54, 1.807) is 20.0 Å². The average molecular weight is 1180 g/mol. The van der Waals surface area contributed by atoms with Gasteiger partial charge in [0, 0.05) is 30.4 Å². The molecular weight excluding hydrogens is 1120 g/mol. The number of nitrogens with one attached hydrogen (secondary N) is 5. The van der Waals surface area contributed by atoms with Crippen molar-refractivity contribution >= 4 is 70.3 Å². The molecule has 5 aliphatic rings. The quantitative estimate of drug-likeness (QED) is 0.0745. The number of carboxylic acid groups (broad SMARTS) is 1. The molecule has 83 heavy (non-hydrogen) atoms. The third-order valence-corrected chi connectivity index (χ3v) is 15.3. The van der Waals surface area contributed by atoms with E-state index in [9.17, 15) is 39.3 Å². The van der Waals surface area contributed by atoms with E-state index in [1.807, 2.05) is 13.8 Å². The molecule has 24 heteroatoms. The van der Waals surface area contributed by atoms with Crippen LogP contribution in [0.4, 0.5) is 0 Å². The number of aryl methyl sites for hydroxylation is 1. The number of likely N-dealkylation sites (N-methyl/N-ethyl adjacent to an activating group) is 1. The van der Waals surface area contributed by atoms with Gasteiger partial charge < -0.3 is 71.3 Å². The minimum atomic E-state index is -2.00. The fourth-order valence-corrected chi connectivity index (χ4v) is 11.0. The van der Waals surface area contributed by atoms with Crippen LogP contribution < -0.4 is 56.0 Å². The van der Waals surface area contributed by atoms with Crippen molar-refractivity contribution in [2.24, 2.45) is 17.6 Å². The number of ketones is 2. The number of amides is 5. The SMILES string of the molecule is CN[C@@H](CC(C)C)C(=O)N[C@H]1C(=O)C[C@@H](CC(N)=O)C(=O)N[C@H]2C(=O)C[C@H]3C(=O)N[C@H](C(=O)N[C@@H](C(=O)O)c4cc(C)cc(OC)c4-c4cc3ccc4OC)[C@H](O)c3ccc(c(Cl)c3)Oc3cc2cc(c3OC)Oc2ccc(cc2Cl)[C@H]1O. The maximum Gasteiger partial charge on any atom is 0.330 e. The number of aliphatic carboxylic acids is 1. The van der Waals surface area contributed by atoms with Crippen LogP contribution in [0.1, 0.15) is 103 Å². The Bertz CT molecular complexity index is 3430. The minimum absolute atomic E-state index is 0.0108. The van der Waals surface area contributed by atoms with Crippen molar-refractivity contribution in [1.29, 1.82) is 0 Å². The lowest BCUT2D eigenvalue weighted by atomic mass is 9.84. The largest absolute Gasteiger partial charge is 0.496 e. The summed E-state index contributed by atoms with van der Waals surface area (Å²) in [5.74, 6) is -12.2. The van der Waals surface area contributed by atoms with Gasteiger partial charge in [0.15, 0.2) is 29.1 Å². The van der Waals surface area contributed by atoms with Crippen LogP contribution in [0.5, 0.6) is 40.2 Å². The molecule has 11 bridgehead atoms. The number of halogens is 2. The van der Waals surface area contributed by atoms with Gasteiger partial charge in [-0.15, -0.1) is 0 Å². The summed E-state index contributed by atoms with van der Waals surface area (Å²) in [7, 11) is 5.52. The number of aliphatic hydroxyl groups is 2. The van der Waals surface area contributed by atoms with Crippen molar-refractivity contribution in [3.8, 4) is 51.4 Å². The Labute approximate surface area is 486 Å². The maximum atomic E-state index is 15.8. The van der Waals surface area contributed by atoms with E-state index in [0.29, 0.717) is 12.0 Å². The van der Waals surface area contributed by atoms with Gasteiger partial charge >= 0.3 is 5.97 Å². The van der Waals surface area contributed by atoms with Crippen molar-refractivity contribution in [2.45, 2.75) is 94.8 Å². The Balaban J connectivity index is 1.39. The van der Waals surface area contributed by atoms with Gasteiger partial charge in [-0.2, -0.15) is 0 Å². The molecule has 0 saturated heterocycles. The monoisotopic (exact) mass is 1180 g/mol. The molecule has 5 aliphatic heterocycles. The fraction of sp³-hybridized carbons (Fsp3) is 0.356. The highest BCUT2D eigenvalue weighted by atomic mass is 35.5. The topological polar surface area (TPSA) is 330 Å². The van der Waals surface area contributed by atoms with E-state index in [-0.39, 0.29) is 95.2 Å². The first-order chi connectivity index (χ1) is 39.4. The van der Waals surface area contributed by atoms with Gasteiger partial charge in [-0.1, -0.05) is 61.3 Å². The molecule has 0 fully saturated rings. The standard InChI is InChI=1S/C59H62Cl2N6O16/c1-25(2)14-37(63-4)57(75)66-50-38(68)20-31(23-46(62)70)55(73)64-48-30-21-44(82-41-12-9-28(52(50)71)18-35(41)60)54(81-7)45(22-30)83-42-13-10-29(19-36(42)61)53(72)51-58(76)65-49(59(77)78)34-15-26(3)16-43(80-6)47(34)33-17-27(8-11-40(33)79-5)32(24-39(48)69)56(74)67-51/h8-13,15-19,21-22,25,31-32,37,48-53,63,71-72H,14,20,23-24H2,1-7H3,(H2,62,70)(H,64,73)(H,65,76)(H,66,75)(H,67,74)(H,77,78)/t31-,32+,37-,48+,49+,50-,51-,52+,53+/m0/s1. The molecule has 5 aromatic rings. The summed E-state index contributed by atoms with van der Waals surface area (Å²) >= 11 is 13.8. The van der Waals surface area contributed by atoms with Crippen molar-refractivity contribution in [1.82, 2.24) is 26.6 Å². The second-order valence-corrected chi connectivity index (χ2v) is 21.7. The first-order valence-corrected chi connectivity index (χ1v) is 27.1. The normalized spacial score (nSPS) is 22.1. The highest BCUT2D eigenvalue weighted by Gasteiger charge is 2.42. The smallest absolute Gasteiger partial charge is 0.330 e. The van der Waals surface area contributed by atoms with Crippen LogP contribution in [0.15, 0.2) is 78.9 Å². The van der Waals surface area contributed by atoms with Crippen LogP contribution in [0.2, 0.25) is 10.0 Å². The van der Waals surface area contributed by atoms with E-state index in [1.165, 1.54) is 94.1 Å². The fourth-order valence-electron chi connectivity index (χ4n) is 10.5. The lowest BCUT2D eigenvalue weighted by Crippen LogP contribution is -2.53. The van der Waals surface area contributed by atoms with Gasteiger partial charge in [0.25, 0.3) is 0 Å². The number of hydrogen-bond donors (Lipinski definition) is 9. The Morgan fingerprint density at radius 2 is 1.33 bits per heavy atom. The number of nitrogens with two attached hydrogens (primary N) is 1. The molecule has 5 heterocycles. The zero-order valence-electron chi connectivity index (χ0n) is 46.1. The molecular formula is C59H62Cl2N6O16. The van der Waals surface area contributed by atoms with Gasteiger partial charge in [-0.3, -0.25) is 33.6 Å². The number of benzene rings is 5. The van der Waals surface area contributed by atoms with Crippen molar-refractivity contribution in [3.05, 3.63) is 122 Å². The molecule has 0 radical (unpaired) electrons. The van der Waals surface area contributed by atoms with Crippen LogP contribution in [0, 0.1) is 18.8 Å². The summed E-state index contributed by atoms with van der Waals surface area (Å²) in [5, 5.41) is 48.1. The highest BCUT2D eigenvalue weighted by molar-refractivity contribution is 6.32. The molecule has 0 unspecified atom stereocenters. The van der Waals surface area contributed by atoms with Gasteiger partial charge in [-0.05, 0) is 114 Å². The predicted octanol–water partition coefficient (Wildman–Crippen LogP) is 5.88. The predicted molar refractivity (Wildman–Crippen MR) is 301 cm³/mol. The zero-order chi connectivity index (χ0) is 60.3. The Hall–Kier alpha value is -8.28. The number of hydrogen-bond acceptors (Lipinski definition) is 16. The number of fused-ring (bicyclic) bond motifs is 15. The van der Waals surface area contributed by atoms with E-state index >= 15 is 14.4 Å². The van der Waals surface area contributed by atoms with Gasteiger partial charge in [0.05, 0.1) is 49.3 Å². The van der Waals surface area contributed by atoms with Gasteiger partial charge in [0.2, 0.25) is 35.3 Å². The van der Waals surface area contributed by atoms with Crippen molar-refractivity contribution < 1.29 is 77.4 Å². The van der Waals surface area contributed by atoms with Crippen LogP contribution in [0.25, 0.3) is 11.1 Å². The van der Waals surface area contributed by atoms with E-state index in [0.717, 1.165) is 0 Å². The lowest BCUT2D eigenvalue weighted by molar-refractivity contribution is -0.143. The summed E-state index contributed by atoms with van der Waals surface area (Å²) in [6.07, 6.45) is -5.92. The third kappa shape index (κ3) is 13.0. The number of aliphatic hydroxyl groups excluding tert-OH is 2. The summed E-state index contributed by atoms with van der Waals surface area (Å²) in [5.41, 5.74) is 6.52. The molecule has 0 aliphatic carbocycles. The highest BCUT2D eigenvalue weighted by Crippen LogP contribution is 2.48. The Morgan fingerprint density at radius 3 is 1.88 bits per heavy atom. The second kappa shape index (κ2) is 25.5. The molecule has 5 amide bonds. The molecule has 10 N–H and O–H groups in total. The molecule has 9 atom stereocenters. The number of primary amides is 1. The summed E-state index contributed by atoms with van der Waals surface area (Å²) in [4.78, 5) is 116. The lowest BCUT2D eigenvalue weighted by Gasteiger charge is -2.31. The number of carbonyl (C=O) groups is 8. The van der Waals surface area contributed by atoms with E-state index in [4.69, 9.17) is 52.6 Å². The molecule has 10 rings (SSSR count). The molecule has 0 saturated carbocycles. The molecule has 438 valence electrons. The molecule has 0 spiro atoms. The molecule has 5 aromatic carbocycles. The first-order valence-electron chi connectivity index (χ1n) is 26.3. The average Bonchev–Trinajstić information content (AvgIpc) is 2.88. The zero-order valence-corrected chi connectivity index (χ0v) is 47.6. The molecule has 22 nitrogen and oxygen atoms in total. The van der Waals surface area contributed by atoms with Crippen molar-refractivity contribution in [2.75, 3.05) is 28.4 Å². The van der Waals surface area contributed by atoms with E-state index in [2.05, 4.69) is 26.6 Å². The Kier molecular flexibility index (Phi) is 18.7. The summed E-state index contributed by atoms with van der Waals surface area (Å²) in [6, 6.07) is 9.80. The Morgan fingerprint density at radius 1 is 0.711 bits per heavy atom. The van der Waals surface area contributed by atoms with Crippen LogP contribution in [-0.4, -0.2) is 109 Å². The number of carbonyl (C=O) groups excluding carboxylic acids is 7. The van der Waals surface area contributed by atoms with Crippen LogP contribution >= 0.6 is 23.2 Å². The van der Waals surface area contributed by atoms with E-state index < -0.39 is 121 Å². The number of carboxylic acids is 1. The number of Topliss-reactive ketones (excluding diaryl/α,β-unsaturated/α-hetero) is 2. The van der Waals surface area contributed by atoms with Gasteiger partial charge in [0.1, 0.15) is 53.3 Å². The minimum Gasteiger partial charge on any atom is -0.496 e. The maximum absolute atomic E-state index is 15.8. The second-order valence-electron chi connectivity index (χ2n) is 20.8. The third-order valence-electron chi connectivity index (χ3n) is 14.7. The number of rotatable bonds is 11. The first kappa shape index (κ1) is 60.8. The summed E-state index contributed by atoms with van der Waals surface area (Å²) in [6.45, 7) is 5.45. The van der Waals surface area contributed by atoms with Crippen molar-refractivity contribution in [3.63, 3.8) is 0 Å². The molecule has 0 aromatic heterocycles. The number of ether oxygens (including phenoxy) is 5. The summed E-state index contributed by atoms with van der Waals surface area (Å²) < 4.78 is 30.4. The van der Waals surface area contributed by atoms with Gasteiger partial charge in [-0.25, -0.2) is 4.79 Å². The number of methoxy groups -OCH3 is 3.